The topological polar surface area (TPSA) is 32.8 Å². The Hall–Kier alpha value is -7.82. The molecule has 11 aromatic rings. The van der Waals surface area contributed by atoms with Crippen molar-refractivity contribution in [1.82, 2.24) is 0 Å². The Balaban J connectivity index is 1.05. The van der Waals surface area contributed by atoms with Crippen LogP contribution in [0.25, 0.3) is 66.1 Å². The second-order valence-electron chi connectivity index (χ2n) is 28.3. The fourth-order valence-electron chi connectivity index (χ4n) is 13.3. The first-order valence-electron chi connectivity index (χ1n) is 28.9. The molecule has 0 amide bonds. The minimum Gasteiger partial charge on any atom is -0.455 e. The smallest absolute Gasteiger partial charge is 0.160 e. The Morgan fingerprint density at radius 1 is 0.325 bits per heavy atom. The predicted molar refractivity (Wildman–Crippen MR) is 340 cm³/mol. The van der Waals surface area contributed by atoms with Gasteiger partial charge in [0.15, 0.2) is 5.58 Å². The van der Waals surface area contributed by atoms with Crippen molar-refractivity contribution in [3.63, 3.8) is 0 Å². The quantitative estimate of drug-likeness (QED) is 0.166. The van der Waals surface area contributed by atoms with Crippen molar-refractivity contribution in [2.45, 2.75) is 143 Å². The molecule has 0 aliphatic heterocycles. The number of hydrogen-bond donors (Lipinski definition) is 0. The van der Waals surface area contributed by atoms with Crippen molar-refractivity contribution in [2.75, 3.05) is 9.80 Å². The normalized spacial score (nSPS) is 14.7. The van der Waals surface area contributed by atoms with Crippen LogP contribution in [0.4, 0.5) is 34.1 Å². The Kier molecular flexibility index (Phi) is 11.2. The molecule has 0 N–H and O–H groups in total. The van der Waals surface area contributed by atoms with E-state index in [1.165, 1.54) is 66.8 Å². The van der Waals surface area contributed by atoms with Crippen LogP contribution in [0.2, 0.25) is 0 Å². The number of furan rings is 2. The first-order valence-corrected chi connectivity index (χ1v) is 28.9. The van der Waals surface area contributed by atoms with Crippen LogP contribution in [0.5, 0.6) is 0 Å². The van der Waals surface area contributed by atoms with Crippen molar-refractivity contribution in [3.8, 4) is 22.3 Å². The van der Waals surface area contributed by atoms with Crippen LogP contribution in [0, 0.1) is 0 Å². The first-order chi connectivity index (χ1) is 37.7. The number of anilines is 6. The van der Waals surface area contributed by atoms with Gasteiger partial charge in [-0.05, 0) is 168 Å². The minimum atomic E-state index is -0.404. The lowest BCUT2D eigenvalue weighted by atomic mass is 9.79. The number of hydrogen-bond acceptors (Lipinski definition) is 4. The van der Waals surface area contributed by atoms with E-state index in [2.05, 4.69) is 290 Å². The Bertz CT molecular complexity index is 4170. The summed E-state index contributed by atoms with van der Waals surface area (Å²) >= 11 is 0. The van der Waals surface area contributed by atoms with E-state index >= 15 is 0 Å². The molecule has 4 nitrogen and oxygen atoms in total. The van der Waals surface area contributed by atoms with Crippen molar-refractivity contribution in [2.24, 2.45) is 0 Å². The summed E-state index contributed by atoms with van der Waals surface area (Å²) in [6.07, 6.45) is 0. The molecule has 0 unspecified atom stereocenters. The van der Waals surface area contributed by atoms with Crippen molar-refractivity contribution < 1.29 is 8.83 Å². The summed E-state index contributed by atoms with van der Waals surface area (Å²) in [5, 5.41) is 4.50. The van der Waals surface area contributed by atoms with Crippen LogP contribution in [-0.2, 0) is 32.5 Å². The Morgan fingerprint density at radius 2 is 0.650 bits per heavy atom. The van der Waals surface area contributed by atoms with Crippen LogP contribution in [-0.4, -0.2) is 0 Å². The first kappa shape index (κ1) is 51.6. The largest absolute Gasteiger partial charge is 0.455 e. The van der Waals surface area contributed by atoms with Crippen molar-refractivity contribution in [3.05, 3.63) is 214 Å². The molecule has 0 spiro atoms. The summed E-state index contributed by atoms with van der Waals surface area (Å²) in [5.74, 6) is 0. The van der Waals surface area contributed by atoms with E-state index in [4.69, 9.17) is 8.83 Å². The van der Waals surface area contributed by atoms with E-state index in [0.29, 0.717) is 0 Å². The van der Waals surface area contributed by atoms with E-state index in [-0.39, 0.29) is 21.7 Å². The number of fused-ring (bicyclic) bond motifs is 14. The van der Waals surface area contributed by atoms with Crippen LogP contribution in [0.15, 0.2) is 179 Å². The standard InChI is InChI=1S/C76H76N2O2/c1-71(2,3)45-25-33-49(34-26-45)77(50-35-27-46(28-36-50)72(4,5)6)61-43-60-66(70-67(61)53-21-17-19-23-63(53)80-70)56-42-57-55(41-58(56)76(60,15)16)65-59(75(57,13)14)44-62(69-68(65)54-22-18-20-24-64(54)79-69)78(51-37-29-47(30-38-51)73(7,8)9)52-39-31-48(32-40-52)74(10,11)12/h17-44H,1-16H3. The molecule has 2 aromatic heterocycles. The van der Waals surface area contributed by atoms with Gasteiger partial charge in [-0.2, -0.15) is 0 Å². The molecule has 0 radical (unpaired) electrons. The molecule has 9 aromatic carbocycles. The van der Waals surface area contributed by atoms with E-state index in [9.17, 15) is 0 Å². The van der Waals surface area contributed by atoms with Crippen LogP contribution in [0.3, 0.4) is 0 Å². The van der Waals surface area contributed by atoms with Gasteiger partial charge in [0, 0.05) is 55.3 Å². The molecule has 13 rings (SSSR count). The Labute approximate surface area is 474 Å². The number of rotatable bonds is 6. The molecule has 0 bridgehead atoms. The summed E-state index contributed by atoms with van der Waals surface area (Å²) < 4.78 is 14.5. The van der Waals surface area contributed by atoms with Gasteiger partial charge in [0.1, 0.15) is 16.7 Å². The highest BCUT2D eigenvalue weighted by Gasteiger charge is 2.46. The SMILES string of the molecule is CC(C)(C)c1ccc(N(c2ccc(C(C)(C)C)cc2)c2cc3c(c4c2oc2ccccc24)-c2cc4c(cc2C3(C)C)-c2c(cc(N(c3ccc(C(C)(C)C)cc3)c3ccc(C(C)(C)C)cc3)c3c2oc2ccccc23)C4(C)C)cc1. The third kappa shape index (κ3) is 7.90. The summed E-state index contributed by atoms with van der Waals surface area (Å²) in [5.41, 5.74) is 24.7. The zero-order valence-electron chi connectivity index (χ0n) is 49.9. The highest BCUT2D eigenvalue weighted by Crippen LogP contribution is 2.62. The lowest BCUT2D eigenvalue weighted by Gasteiger charge is -2.30. The number of para-hydroxylation sites is 2. The maximum atomic E-state index is 7.30. The molecule has 0 fully saturated rings. The van der Waals surface area contributed by atoms with Gasteiger partial charge < -0.3 is 18.6 Å². The van der Waals surface area contributed by atoms with Crippen LogP contribution >= 0.6 is 0 Å². The van der Waals surface area contributed by atoms with Crippen LogP contribution < -0.4 is 9.80 Å². The highest BCUT2D eigenvalue weighted by atomic mass is 16.3. The zero-order chi connectivity index (χ0) is 56.4. The fourth-order valence-corrected chi connectivity index (χ4v) is 13.3. The van der Waals surface area contributed by atoms with Gasteiger partial charge in [0.2, 0.25) is 0 Å². The molecule has 0 saturated carbocycles. The Morgan fingerprint density at radius 3 is 1.05 bits per heavy atom. The monoisotopic (exact) mass is 1050 g/mol. The maximum Gasteiger partial charge on any atom is 0.160 e. The predicted octanol–water partition coefficient (Wildman–Crippen LogP) is 22.2. The second kappa shape index (κ2) is 17.3. The highest BCUT2D eigenvalue weighted by molar-refractivity contribution is 6.21. The van der Waals surface area contributed by atoms with Gasteiger partial charge in [0.05, 0.1) is 16.8 Å². The van der Waals surface area contributed by atoms with Crippen LogP contribution in [0.1, 0.15) is 155 Å². The van der Waals surface area contributed by atoms with Gasteiger partial charge in [-0.15, -0.1) is 0 Å². The average molecular weight is 1050 g/mol. The molecule has 0 atom stereocenters. The molecule has 2 aliphatic rings. The third-order valence-electron chi connectivity index (χ3n) is 18.1. The second-order valence-corrected chi connectivity index (χ2v) is 28.3. The molecule has 2 aliphatic carbocycles. The fraction of sp³-hybridized carbons (Fsp3) is 0.289. The van der Waals surface area contributed by atoms with E-state index in [0.717, 1.165) is 78.0 Å². The number of benzene rings is 9. The summed E-state index contributed by atoms with van der Waals surface area (Å²) in [7, 11) is 0. The number of nitrogens with zero attached hydrogens (tertiary/aromatic N) is 2. The molecule has 402 valence electrons. The summed E-state index contributed by atoms with van der Waals surface area (Å²) in [6.45, 7) is 37.1. The van der Waals surface area contributed by atoms with Gasteiger partial charge in [-0.1, -0.05) is 196 Å². The van der Waals surface area contributed by atoms with E-state index < -0.39 is 10.8 Å². The molecular formula is C76H76N2O2. The van der Waals surface area contributed by atoms with Gasteiger partial charge in [0.25, 0.3) is 0 Å². The van der Waals surface area contributed by atoms with E-state index in [1.807, 2.05) is 0 Å². The van der Waals surface area contributed by atoms with Crippen molar-refractivity contribution in [1.29, 1.82) is 0 Å². The third-order valence-corrected chi connectivity index (χ3v) is 18.1. The van der Waals surface area contributed by atoms with Gasteiger partial charge in [-0.25, -0.2) is 0 Å². The van der Waals surface area contributed by atoms with Gasteiger partial charge >= 0.3 is 0 Å². The molecule has 80 heavy (non-hydrogen) atoms. The molecule has 4 heteroatoms. The molecular weight excluding hydrogens is 973 g/mol. The lowest BCUT2D eigenvalue weighted by molar-refractivity contribution is 0.590. The lowest BCUT2D eigenvalue weighted by Crippen LogP contribution is -2.18. The zero-order valence-corrected chi connectivity index (χ0v) is 49.9. The maximum absolute atomic E-state index is 7.30. The molecule has 2 heterocycles. The molecule has 0 saturated heterocycles. The summed E-state index contributed by atoms with van der Waals surface area (Å²) in [4.78, 5) is 4.90. The average Bonchev–Trinajstić information content (AvgIpc) is 4.28. The van der Waals surface area contributed by atoms with Crippen molar-refractivity contribution >= 4 is 78.0 Å². The minimum absolute atomic E-state index is 0.0130. The van der Waals surface area contributed by atoms with E-state index in [1.54, 1.807) is 0 Å². The summed E-state index contributed by atoms with van der Waals surface area (Å²) in [6, 6.07) is 64.1. The van der Waals surface area contributed by atoms with Gasteiger partial charge in [-0.3, -0.25) is 0 Å².